The van der Waals surface area contributed by atoms with E-state index in [1.807, 2.05) is 6.26 Å². The molecule has 1 aromatic carbocycles. The van der Waals surface area contributed by atoms with Crippen LogP contribution in [0.5, 0.6) is 0 Å². The highest BCUT2D eigenvalue weighted by Gasteiger charge is 2.07. The van der Waals surface area contributed by atoms with Gasteiger partial charge in [-0.15, -0.1) is 0 Å². The second-order valence-corrected chi connectivity index (χ2v) is 5.20. The third-order valence-electron chi connectivity index (χ3n) is 2.23. The smallest absolute Gasteiger partial charge is 0.124 e. The van der Waals surface area contributed by atoms with E-state index in [1.54, 1.807) is 17.8 Å². The molecule has 1 unspecified atom stereocenters. The molecule has 0 saturated heterocycles. The van der Waals surface area contributed by atoms with E-state index in [2.05, 4.69) is 12.2 Å². The van der Waals surface area contributed by atoms with E-state index in [0.717, 1.165) is 12.2 Å². The highest BCUT2D eigenvalue weighted by Crippen LogP contribution is 2.18. The Labute approximate surface area is 105 Å². The SMILES string of the molecule is CSC(C)CNc1ccc(F)cc1C(N)=S. The average Bonchev–Trinajstić information content (AvgIpc) is 2.26. The van der Waals surface area contributed by atoms with Gasteiger partial charge in [-0.2, -0.15) is 11.8 Å². The molecule has 0 aliphatic heterocycles. The molecule has 0 aliphatic rings. The number of thioether (sulfide) groups is 1. The van der Waals surface area contributed by atoms with Gasteiger partial charge in [-0.05, 0) is 24.5 Å². The van der Waals surface area contributed by atoms with Crippen LogP contribution < -0.4 is 11.1 Å². The van der Waals surface area contributed by atoms with Crippen molar-refractivity contribution in [2.75, 3.05) is 18.1 Å². The topological polar surface area (TPSA) is 38.0 Å². The van der Waals surface area contributed by atoms with E-state index in [4.69, 9.17) is 18.0 Å². The molecule has 0 heterocycles. The standard InChI is InChI=1S/C11H15FN2S2/c1-7(16-2)6-14-10-4-3-8(12)5-9(10)11(13)15/h3-5,7,14H,6H2,1-2H3,(H2,13,15). The minimum absolute atomic E-state index is 0.207. The minimum Gasteiger partial charge on any atom is -0.389 e. The van der Waals surface area contributed by atoms with Crippen LogP contribution in [0.25, 0.3) is 0 Å². The Morgan fingerprint density at radius 1 is 1.62 bits per heavy atom. The van der Waals surface area contributed by atoms with Crippen molar-refractivity contribution in [1.82, 2.24) is 0 Å². The van der Waals surface area contributed by atoms with Crippen molar-refractivity contribution < 1.29 is 4.39 Å². The molecule has 1 atom stereocenters. The maximum absolute atomic E-state index is 13.0. The Balaban J connectivity index is 2.82. The van der Waals surface area contributed by atoms with Gasteiger partial charge in [-0.3, -0.25) is 0 Å². The highest BCUT2D eigenvalue weighted by molar-refractivity contribution is 7.99. The van der Waals surface area contributed by atoms with Gasteiger partial charge in [-0.25, -0.2) is 4.39 Å². The van der Waals surface area contributed by atoms with Crippen LogP contribution in [0.4, 0.5) is 10.1 Å². The van der Waals surface area contributed by atoms with Crippen molar-refractivity contribution in [3.63, 3.8) is 0 Å². The van der Waals surface area contributed by atoms with E-state index >= 15 is 0 Å². The van der Waals surface area contributed by atoms with E-state index in [1.165, 1.54) is 12.1 Å². The third-order valence-corrected chi connectivity index (χ3v) is 3.42. The van der Waals surface area contributed by atoms with Crippen LogP contribution in [0.3, 0.4) is 0 Å². The molecule has 0 aromatic heterocycles. The van der Waals surface area contributed by atoms with Gasteiger partial charge in [0.25, 0.3) is 0 Å². The van der Waals surface area contributed by atoms with Gasteiger partial charge < -0.3 is 11.1 Å². The molecular formula is C11H15FN2S2. The zero-order valence-electron chi connectivity index (χ0n) is 9.29. The van der Waals surface area contributed by atoms with Crippen molar-refractivity contribution in [3.8, 4) is 0 Å². The fourth-order valence-corrected chi connectivity index (χ4v) is 1.63. The normalized spacial score (nSPS) is 12.2. The van der Waals surface area contributed by atoms with Gasteiger partial charge in [0.2, 0.25) is 0 Å². The fraction of sp³-hybridized carbons (Fsp3) is 0.364. The van der Waals surface area contributed by atoms with Crippen molar-refractivity contribution >= 4 is 34.7 Å². The minimum atomic E-state index is -0.328. The lowest BCUT2D eigenvalue weighted by Gasteiger charge is -2.14. The molecule has 16 heavy (non-hydrogen) atoms. The number of rotatable bonds is 5. The van der Waals surface area contributed by atoms with Crippen molar-refractivity contribution in [2.45, 2.75) is 12.2 Å². The zero-order valence-corrected chi connectivity index (χ0v) is 10.9. The molecule has 0 fully saturated rings. The molecule has 88 valence electrons. The molecule has 1 aromatic rings. The molecule has 2 nitrogen and oxygen atoms in total. The maximum Gasteiger partial charge on any atom is 0.124 e. The van der Waals surface area contributed by atoms with Crippen molar-refractivity contribution in [2.24, 2.45) is 5.73 Å². The van der Waals surface area contributed by atoms with Gasteiger partial charge in [0.15, 0.2) is 0 Å². The van der Waals surface area contributed by atoms with Gasteiger partial charge in [0.1, 0.15) is 10.8 Å². The summed E-state index contributed by atoms with van der Waals surface area (Å²) in [5, 5.41) is 3.69. The monoisotopic (exact) mass is 258 g/mol. The number of nitrogens with one attached hydrogen (secondary N) is 1. The molecule has 0 bridgehead atoms. The van der Waals surface area contributed by atoms with Gasteiger partial charge in [-0.1, -0.05) is 19.1 Å². The summed E-state index contributed by atoms with van der Waals surface area (Å²) in [7, 11) is 0. The van der Waals surface area contributed by atoms with Crippen LogP contribution in [-0.4, -0.2) is 23.0 Å². The number of thiocarbonyl (C=S) groups is 1. The van der Waals surface area contributed by atoms with Crippen molar-refractivity contribution in [1.29, 1.82) is 0 Å². The van der Waals surface area contributed by atoms with E-state index in [0.29, 0.717) is 10.8 Å². The first kappa shape index (κ1) is 13.3. The quantitative estimate of drug-likeness (QED) is 0.796. The first-order valence-electron chi connectivity index (χ1n) is 4.90. The van der Waals surface area contributed by atoms with E-state index in [9.17, 15) is 4.39 Å². The van der Waals surface area contributed by atoms with Crippen LogP contribution in [-0.2, 0) is 0 Å². The molecule has 1 rings (SSSR count). The summed E-state index contributed by atoms with van der Waals surface area (Å²) in [6.07, 6.45) is 2.05. The Morgan fingerprint density at radius 2 is 2.31 bits per heavy atom. The first-order chi connectivity index (χ1) is 7.54. The van der Waals surface area contributed by atoms with Crippen LogP contribution in [0.2, 0.25) is 0 Å². The maximum atomic E-state index is 13.0. The summed E-state index contributed by atoms with van der Waals surface area (Å²) in [5.41, 5.74) is 6.89. The molecule has 0 radical (unpaired) electrons. The number of hydrogen-bond donors (Lipinski definition) is 2. The molecule has 0 aliphatic carbocycles. The van der Waals surface area contributed by atoms with Crippen LogP contribution in [0.1, 0.15) is 12.5 Å². The first-order valence-corrected chi connectivity index (χ1v) is 6.60. The molecule has 5 heteroatoms. The second kappa shape index (κ2) is 6.06. The Hall–Kier alpha value is -0.810. The average molecular weight is 258 g/mol. The number of halogens is 1. The summed E-state index contributed by atoms with van der Waals surface area (Å²) in [5.74, 6) is -0.328. The van der Waals surface area contributed by atoms with Gasteiger partial charge >= 0.3 is 0 Å². The molecule has 0 amide bonds. The molecule has 3 N–H and O–H groups in total. The van der Waals surface area contributed by atoms with Gasteiger partial charge in [0, 0.05) is 23.0 Å². The van der Waals surface area contributed by atoms with E-state index < -0.39 is 0 Å². The molecular weight excluding hydrogens is 243 g/mol. The second-order valence-electron chi connectivity index (χ2n) is 3.48. The highest BCUT2D eigenvalue weighted by atomic mass is 32.2. The lowest BCUT2D eigenvalue weighted by atomic mass is 10.1. The Morgan fingerprint density at radius 3 is 2.88 bits per heavy atom. The van der Waals surface area contributed by atoms with Crippen LogP contribution in [0, 0.1) is 5.82 Å². The summed E-state index contributed by atoms with van der Waals surface area (Å²) < 4.78 is 13.0. The van der Waals surface area contributed by atoms with Gasteiger partial charge in [0.05, 0.1) is 0 Å². The zero-order chi connectivity index (χ0) is 12.1. The number of nitrogens with two attached hydrogens (primary N) is 1. The molecule has 0 spiro atoms. The lowest BCUT2D eigenvalue weighted by Crippen LogP contribution is -2.17. The van der Waals surface area contributed by atoms with Crippen molar-refractivity contribution in [3.05, 3.63) is 29.6 Å². The number of benzene rings is 1. The predicted molar refractivity (Wildman–Crippen MR) is 73.8 cm³/mol. The Kier molecular flexibility index (Phi) is 5.02. The largest absolute Gasteiger partial charge is 0.389 e. The number of anilines is 1. The van der Waals surface area contributed by atoms with Crippen LogP contribution >= 0.6 is 24.0 Å². The fourth-order valence-electron chi connectivity index (χ4n) is 1.21. The van der Waals surface area contributed by atoms with Crippen LogP contribution in [0.15, 0.2) is 18.2 Å². The van der Waals surface area contributed by atoms with E-state index in [-0.39, 0.29) is 10.8 Å². The predicted octanol–water partition coefficient (Wildman–Crippen LogP) is 2.62. The summed E-state index contributed by atoms with van der Waals surface area (Å²) >= 11 is 6.64. The number of hydrogen-bond acceptors (Lipinski definition) is 3. The molecule has 0 saturated carbocycles. The summed E-state index contributed by atoms with van der Waals surface area (Å²) in [6.45, 7) is 2.91. The summed E-state index contributed by atoms with van der Waals surface area (Å²) in [6, 6.07) is 4.42. The third kappa shape index (κ3) is 3.64. The Bertz CT molecular complexity index is 382. The lowest BCUT2D eigenvalue weighted by molar-refractivity contribution is 0.627. The summed E-state index contributed by atoms with van der Waals surface area (Å²) in [4.78, 5) is 0.207.